The molecule has 0 aromatic heterocycles. The largest absolute Gasteiger partial charge is 0.494 e. The minimum absolute atomic E-state index is 0.760. The van der Waals surface area contributed by atoms with Gasteiger partial charge in [0.1, 0.15) is 18.1 Å². The minimum atomic E-state index is 0.760. The molecule has 0 saturated carbocycles. The van der Waals surface area contributed by atoms with Crippen molar-refractivity contribution in [1.82, 2.24) is 10.2 Å². The lowest BCUT2D eigenvalue weighted by molar-refractivity contribution is 0.151. The van der Waals surface area contributed by atoms with E-state index >= 15 is 0 Å². The molecule has 0 radical (unpaired) electrons. The molecule has 0 amide bonds. The molecule has 23 heavy (non-hydrogen) atoms. The summed E-state index contributed by atoms with van der Waals surface area (Å²) in [6.45, 7) is 8.23. The Morgan fingerprint density at radius 2 is 1.65 bits per heavy atom. The first kappa shape index (κ1) is 18.1. The molecule has 1 aromatic rings. The van der Waals surface area contributed by atoms with Crippen molar-refractivity contribution in [3.05, 3.63) is 24.3 Å². The van der Waals surface area contributed by atoms with Gasteiger partial charge >= 0.3 is 0 Å². The molecule has 1 aliphatic rings. The summed E-state index contributed by atoms with van der Waals surface area (Å²) >= 11 is 0. The standard InChI is InChI=1S/C19H32N2O2/c1-3-15-22-18-4-6-19(7-5-18)23-16-14-21-12-9-17(10-13-21)8-11-20-2/h4-7,17,20H,3,8-16H2,1-2H3. The lowest BCUT2D eigenvalue weighted by atomic mass is 9.93. The molecule has 1 saturated heterocycles. The average molecular weight is 320 g/mol. The highest BCUT2D eigenvalue weighted by Crippen LogP contribution is 2.20. The Morgan fingerprint density at radius 1 is 1.04 bits per heavy atom. The summed E-state index contributed by atoms with van der Waals surface area (Å²) in [6, 6.07) is 7.96. The van der Waals surface area contributed by atoms with Gasteiger partial charge in [0.05, 0.1) is 6.61 Å². The molecule has 4 heteroatoms. The smallest absolute Gasteiger partial charge is 0.119 e. The zero-order valence-electron chi connectivity index (χ0n) is 14.7. The topological polar surface area (TPSA) is 33.7 Å². The van der Waals surface area contributed by atoms with Gasteiger partial charge in [0.2, 0.25) is 0 Å². The fourth-order valence-electron chi connectivity index (χ4n) is 2.99. The van der Waals surface area contributed by atoms with E-state index in [9.17, 15) is 0 Å². The monoisotopic (exact) mass is 320 g/mol. The van der Waals surface area contributed by atoms with Gasteiger partial charge in [0.25, 0.3) is 0 Å². The second-order valence-electron chi connectivity index (χ2n) is 6.35. The lowest BCUT2D eigenvalue weighted by Crippen LogP contribution is -2.37. The molecule has 4 nitrogen and oxygen atoms in total. The van der Waals surface area contributed by atoms with Crippen LogP contribution in [-0.2, 0) is 0 Å². The molecule has 1 aliphatic heterocycles. The van der Waals surface area contributed by atoms with Gasteiger partial charge < -0.3 is 14.8 Å². The van der Waals surface area contributed by atoms with Crippen molar-refractivity contribution in [2.24, 2.45) is 5.92 Å². The van der Waals surface area contributed by atoms with Crippen molar-refractivity contribution in [3.8, 4) is 11.5 Å². The van der Waals surface area contributed by atoms with E-state index in [4.69, 9.17) is 9.47 Å². The van der Waals surface area contributed by atoms with Crippen molar-refractivity contribution < 1.29 is 9.47 Å². The normalized spacial score (nSPS) is 16.4. The Kier molecular flexibility index (Phi) is 8.26. The molecule has 0 bridgehead atoms. The maximum Gasteiger partial charge on any atom is 0.119 e. The number of nitrogens with one attached hydrogen (secondary N) is 1. The summed E-state index contributed by atoms with van der Waals surface area (Å²) in [5.41, 5.74) is 0. The first-order chi connectivity index (χ1) is 11.3. The van der Waals surface area contributed by atoms with Gasteiger partial charge in [-0.1, -0.05) is 6.92 Å². The summed E-state index contributed by atoms with van der Waals surface area (Å²) in [5, 5.41) is 3.25. The Labute approximate surface area is 141 Å². The van der Waals surface area contributed by atoms with Crippen LogP contribution in [0.3, 0.4) is 0 Å². The summed E-state index contributed by atoms with van der Waals surface area (Å²) in [5.74, 6) is 2.75. The molecular weight excluding hydrogens is 288 g/mol. The fraction of sp³-hybridized carbons (Fsp3) is 0.684. The van der Waals surface area contributed by atoms with Gasteiger partial charge in [0.15, 0.2) is 0 Å². The van der Waals surface area contributed by atoms with Crippen molar-refractivity contribution in [1.29, 1.82) is 0 Å². The molecule has 1 N–H and O–H groups in total. The van der Waals surface area contributed by atoms with Gasteiger partial charge in [-0.2, -0.15) is 0 Å². The highest BCUT2D eigenvalue weighted by atomic mass is 16.5. The first-order valence-electron chi connectivity index (χ1n) is 9.04. The summed E-state index contributed by atoms with van der Waals surface area (Å²) in [6.07, 6.45) is 4.99. The van der Waals surface area contributed by atoms with Crippen LogP contribution in [0.5, 0.6) is 11.5 Å². The summed E-state index contributed by atoms with van der Waals surface area (Å²) < 4.78 is 11.4. The van der Waals surface area contributed by atoms with E-state index in [1.54, 1.807) is 0 Å². The molecular formula is C19H32N2O2. The number of likely N-dealkylation sites (tertiary alicyclic amines) is 1. The Bertz CT molecular complexity index is 414. The number of hydrogen-bond donors (Lipinski definition) is 1. The summed E-state index contributed by atoms with van der Waals surface area (Å²) in [7, 11) is 2.04. The van der Waals surface area contributed by atoms with Gasteiger partial charge in [-0.3, -0.25) is 4.90 Å². The van der Waals surface area contributed by atoms with Crippen molar-refractivity contribution >= 4 is 0 Å². The third-order valence-corrected chi connectivity index (χ3v) is 4.48. The van der Waals surface area contributed by atoms with E-state index in [1.807, 2.05) is 31.3 Å². The Hall–Kier alpha value is -1.26. The van der Waals surface area contributed by atoms with Crippen LogP contribution in [0.4, 0.5) is 0 Å². The van der Waals surface area contributed by atoms with E-state index in [0.29, 0.717) is 0 Å². The number of hydrogen-bond acceptors (Lipinski definition) is 4. The van der Waals surface area contributed by atoms with E-state index < -0.39 is 0 Å². The van der Waals surface area contributed by atoms with Gasteiger partial charge in [0, 0.05) is 6.54 Å². The molecule has 0 spiro atoms. The molecule has 1 heterocycles. The number of ether oxygens (including phenoxy) is 2. The van der Waals surface area contributed by atoms with Crippen LogP contribution in [0.1, 0.15) is 32.6 Å². The predicted octanol–water partition coefficient (Wildman–Crippen LogP) is 3.18. The van der Waals surface area contributed by atoms with E-state index in [1.165, 1.54) is 32.4 Å². The van der Waals surface area contributed by atoms with Crippen LogP contribution >= 0.6 is 0 Å². The quantitative estimate of drug-likeness (QED) is 0.718. The number of benzene rings is 1. The lowest BCUT2D eigenvalue weighted by Gasteiger charge is -2.31. The number of rotatable bonds is 10. The molecule has 0 unspecified atom stereocenters. The SMILES string of the molecule is CCCOc1ccc(OCCN2CCC(CCNC)CC2)cc1. The van der Waals surface area contributed by atoms with E-state index in [-0.39, 0.29) is 0 Å². The second-order valence-corrected chi connectivity index (χ2v) is 6.35. The maximum absolute atomic E-state index is 5.85. The van der Waals surface area contributed by atoms with Crippen LogP contribution in [-0.4, -0.2) is 51.3 Å². The zero-order valence-corrected chi connectivity index (χ0v) is 14.7. The third kappa shape index (κ3) is 6.80. The maximum atomic E-state index is 5.85. The van der Waals surface area contributed by atoms with Crippen molar-refractivity contribution in [2.75, 3.05) is 46.4 Å². The van der Waals surface area contributed by atoms with E-state index in [2.05, 4.69) is 17.1 Å². The van der Waals surface area contributed by atoms with Gasteiger partial charge in [-0.15, -0.1) is 0 Å². The zero-order chi connectivity index (χ0) is 16.3. The molecule has 1 fully saturated rings. The highest BCUT2D eigenvalue weighted by Gasteiger charge is 2.18. The highest BCUT2D eigenvalue weighted by molar-refractivity contribution is 5.31. The third-order valence-electron chi connectivity index (χ3n) is 4.48. The molecule has 0 aliphatic carbocycles. The van der Waals surface area contributed by atoms with Gasteiger partial charge in [-0.25, -0.2) is 0 Å². The first-order valence-corrected chi connectivity index (χ1v) is 9.04. The summed E-state index contributed by atoms with van der Waals surface area (Å²) in [4.78, 5) is 2.52. The average Bonchev–Trinajstić information content (AvgIpc) is 2.60. The molecule has 1 aromatic carbocycles. The Balaban J connectivity index is 1.60. The van der Waals surface area contributed by atoms with Crippen LogP contribution in [0.2, 0.25) is 0 Å². The van der Waals surface area contributed by atoms with Crippen LogP contribution in [0, 0.1) is 5.92 Å². The number of piperidine rings is 1. The molecule has 0 atom stereocenters. The molecule has 130 valence electrons. The van der Waals surface area contributed by atoms with Gasteiger partial charge in [-0.05, 0) is 82.5 Å². The molecule has 2 rings (SSSR count). The predicted molar refractivity (Wildman–Crippen MR) is 95.4 cm³/mol. The van der Waals surface area contributed by atoms with E-state index in [0.717, 1.165) is 50.1 Å². The van der Waals surface area contributed by atoms with Crippen molar-refractivity contribution in [2.45, 2.75) is 32.6 Å². The second kappa shape index (κ2) is 10.5. The Morgan fingerprint density at radius 3 is 2.22 bits per heavy atom. The van der Waals surface area contributed by atoms with Crippen molar-refractivity contribution in [3.63, 3.8) is 0 Å². The van der Waals surface area contributed by atoms with Crippen LogP contribution < -0.4 is 14.8 Å². The fourth-order valence-corrected chi connectivity index (χ4v) is 2.99. The van der Waals surface area contributed by atoms with Crippen LogP contribution in [0.15, 0.2) is 24.3 Å². The van der Waals surface area contributed by atoms with Crippen LogP contribution in [0.25, 0.3) is 0 Å². The minimum Gasteiger partial charge on any atom is -0.494 e. The number of nitrogens with zero attached hydrogens (tertiary/aromatic N) is 1.